The Balaban J connectivity index is 0.00000280. The van der Waals surface area contributed by atoms with Crippen LogP contribution in [0, 0.1) is 5.82 Å². The molecule has 2 aromatic rings. The first-order valence-corrected chi connectivity index (χ1v) is 9.83. The second-order valence-corrected chi connectivity index (χ2v) is 7.26. The number of piperidine rings is 1. The third-order valence-corrected chi connectivity index (χ3v) is 5.35. The van der Waals surface area contributed by atoms with Crippen LogP contribution in [0.1, 0.15) is 12.8 Å². The van der Waals surface area contributed by atoms with Crippen molar-refractivity contribution in [1.82, 2.24) is 10.6 Å². The van der Waals surface area contributed by atoms with Gasteiger partial charge in [-0.2, -0.15) is 0 Å². The molecule has 0 atom stereocenters. The fourth-order valence-corrected chi connectivity index (χ4v) is 3.77. The Hall–Kier alpha value is -1.88. The van der Waals surface area contributed by atoms with Gasteiger partial charge in [-0.3, -0.25) is 9.79 Å². The van der Waals surface area contributed by atoms with E-state index in [9.17, 15) is 9.18 Å². The molecule has 1 aliphatic rings. The Bertz CT molecular complexity index is 761. The third kappa shape index (κ3) is 6.62. The number of halogens is 2. The van der Waals surface area contributed by atoms with Crippen molar-refractivity contribution < 1.29 is 9.18 Å². The summed E-state index contributed by atoms with van der Waals surface area (Å²) in [5.41, 5.74) is 0.562. The van der Waals surface area contributed by atoms with Crippen LogP contribution in [0.5, 0.6) is 0 Å². The summed E-state index contributed by atoms with van der Waals surface area (Å²) >= 11 is 1.77. The maximum absolute atomic E-state index is 12.9. The van der Waals surface area contributed by atoms with E-state index in [2.05, 4.69) is 43.4 Å². The highest BCUT2D eigenvalue weighted by atomic mass is 127. The molecule has 0 aliphatic carbocycles. The standard InChI is InChI=1S/C19H24FN5OS.HI/c1-21-19(22-13-17(26)23-15-6-4-14(20)5-7-15)24-16-8-10-25(11-9-16)18-3-2-12-27-18;/h2-7,12,16H,8-11,13H2,1H3,(H,23,26)(H2,21,22,24);1H. The lowest BCUT2D eigenvalue weighted by Crippen LogP contribution is -2.49. The molecule has 0 unspecified atom stereocenters. The average Bonchev–Trinajstić information content (AvgIpc) is 3.22. The van der Waals surface area contributed by atoms with Crippen molar-refractivity contribution in [1.29, 1.82) is 0 Å². The van der Waals surface area contributed by atoms with Crippen molar-refractivity contribution in [3.05, 3.63) is 47.6 Å². The zero-order valence-electron chi connectivity index (χ0n) is 15.7. The number of thiophene rings is 1. The number of rotatable bonds is 5. The minimum atomic E-state index is -0.333. The van der Waals surface area contributed by atoms with Crippen LogP contribution in [-0.4, -0.2) is 44.6 Å². The van der Waals surface area contributed by atoms with E-state index in [0.29, 0.717) is 17.7 Å². The van der Waals surface area contributed by atoms with Crippen LogP contribution < -0.4 is 20.9 Å². The summed E-state index contributed by atoms with van der Waals surface area (Å²) in [4.78, 5) is 18.6. The molecule has 0 saturated carbocycles. The Labute approximate surface area is 185 Å². The molecule has 1 amide bonds. The molecule has 0 bridgehead atoms. The van der Waals surface area contributed by atoms with E-state index in [4.69, 9.17) is 0 Å². The zero-order chi connectivity index (χ0) is 19.1. The summed E-state index contributed by atoms with van der Waals surface area (Å²) in [6, 6.07) is 10.2. The van der Waals surface area contributed by atoms with Crippen LogP contribution in [0.4, 0.5) is 15.1 Å². The normalized spacial score (nSPS) is 14.9. The largest absolute Gasteiger partial charge is 0.363 e. The highest BCUT2D eigenvalue weighted by Crippen LogP contribution is 2.24. The van der Waals surface area contributed by atoms with Gasteiger partial charge in [0.15, 0.2) is 5.96 Å². The number of hydrogen-bond donors (Lipinski definition) is 3. The van der Waals surface area contributed by atoms with Gasteiger partial charge >= 0.3 is 0 Å². The molecule has 1 aliphatic heterocycles. The Morgan fingerprint density at radius 1 is 1.25 bits per heavy atom. The van der Waals surface area contributed by atoms with Crippen molar-refractivity contribution in [2.75, 3.05) is 36.9 Å². The van der Waals surface area contributed by atoms with Crippen LogP contribution in [0.3, 0.4) is 0 Å². The lowest BCUT2D eigenvalue weighted by molar-refractivity contribution is -0.115. The Morgan fingerprint density at radius 2 is 1.96 bits per heavy atom. The topological polar surface area (TPSA) is 68.8 Å². The van der Waals surface area contributed by atoms with Gasteiger partial charge in [0, 0.05) is 31.9 Å². The number of nitrogens with one attached hydrogen (secondary N) is 3. The van der Waals surface area contributed by atoms with E-state index in [-0.39, 0.29) is 42.2 Å². The van der Waals surface area contributed by atoms with Gasteiger partial charge in [0.25, 0.3) is 0 Å². The number of carbonyl (C=O) groups is 1. The molecule has 28 heavy (non-hydrogen) atoms. The van der Waals surface area contributed by atoms with E-state index in [1.54, 1.807) is 18.4 Å². The molecule has 0 radical (unpaired) electrons. The molecule has 1 fully saturated rings. The van der Waals surface area contributed by atoms with Crippen molar-refractivity contribution in [2.45, 2.75) is 18.9 Å². The molecule has 9 heteroatoms. The smallest absolute Gasteiger partial charge is 0.243 e. The Kier molecular flexibility index (Phi) is 8.97. The third-order valence-electron chi connectivity index (χ3n) is 4.42. The second kappa shape index (κ2) is 11.2. The van der Waals surface area contributed by atoms with Crippen LogP contribution in [0.15, 0.2) is 46.8 Å². The van der Waals surface area contributed by atoms with Crippen molar-refractivity contribution in [3.63, 3.8) is 0 Å². The first kappa shape index (κ1) is 22.4. The van der Waals surface area contributed by atoms with Gasteiger partial charge in [0.1, 0.15) is 5.82 Å². The number of carbonyl (C=O) groups excluding carboxylic acids is 1. The van der Waals surface area contributed by atoms with Crippen molar-refractivity contribution in [3.8, 4) is 0 Å². The van der Waals surface area contributed by atoms with Gasteiger partial charge in [-0.25, -0.2) is 4.39 Å². The lowest BCUT2D eigenvalue weighted by atomic mass is 10.1. The average molecular weight is 517 g/mol. The van der Waals surface area contributed by atoms with E-state index in [1.165, 1.54) is 29.3 Å². The second-order valence-electron chi connectivity index (χ2n) is 6.34. The number of benzene rings is 1. The van der Waals surface area contributed by atoms with Gasteiger partial charge in [-0.15, -0.1) is 35.3 Å². The van der Waals surface area contributed by atoms with Crippen LogP contribution in [-0.2, 0) is 4.79 Å². The van der Waals surface area contributed by atoms with Gasteiger partial charge in [0.05, 0.1) is 11.5 Å². The summed E-state index contributed by atoms with van der Waals surface area (Å²) in [5.74, 6) is 0.0664. The number of aliphatic imine (C=N–C) groups is 1. The molecule has 1 aromatic heterocycles. The fraction of sp³-hybridized carbons (Fsp3) is 0.368. The SMILES string of the molecule is CN=C(NCC(=O)Nc1ccc(F)cc1)NC1CCN(c2cccs2)CC1.I. The van der Waals surface area contributed by atoms with Crippen LogP contribution in [0.25, 0.3) is 0 Å². The monoisotopic (exact) mass is 517 g/mol. The summed E-state index contributed by atoms with van der Waals surface area (Å²) < 4.78 is 12.9. The molecule has 1 saturated heterocycles. The summed E-state index contributed by atoms with van der Waals surface area (Å²) in [6.07, 6.45) is 2.03. The number of nitrogens with zero attached hydrogens (tertiary/aromatic N) is 2. The van der Waals surface area contributed by atoms with E-state index in [0.717, 1.165) is 25.9 Å². The maximum Gasteiger partial charge on any atom is 0.243 e. The lowest BCUT2D eigenvalue weighted by Gasteiger charge is -2.33. The van der Waals surface area contributed by atoms with Crippen molar-refractivity contribution >= 4 is 57.9 Å². The number of hydrogen-bond acceptors (Lipinski definition) is 4. The minimum absolute atomic E-state index is 0. The maximum atomic E-state index is 12.9. The minimum Gasteiger partial charge on any atom is -0.363 e. The molecule has 3 N–H and O–H groups in total. The first-order valence-electron chi connectivity index (χ1n) is 8.95. The van der Waals surface area contributed by atoms with E-state index in [1.807, 2.05) is 0 Å². The highest BCUT2D eigenvalue weighted by Gasteiger charge is 2.20. The fourth-order valence-electron chi connectivity index (χ4n) is 2.98. The van der Waals surface area contributed by atoms with E-state index >= 15 is 0 Å². The molecular formula is C19H25FIN5OS. The first-order chi connectivity index (χ1) is 13.1. The summed E-state index contributed by atoms with van der Waals surface area (Å²) in [5, 5.41) is 12.5. The zero-order valence-corrected chi connectivity index (χ0v) is 18.8. The van der Waals surface area contributed by atoms with Crippen molar-refractivity contribution in [2.24, 2.45) is 4.99 Å². The molecule has 152 valence electrons. The predicted octanol–water partition coefficient (Wildman–Crippen LogP) is 3.28. The van der Waals surface area contributed by atoms with Gasteiger partial charge < -0.3 is 20.9 Å². The quantitative estimate of drug-likeness (QED) is 0.324. The van der Waals surface area contributed by atoms with Crippen LogP contribution >= 0.6 is 35.3 Å². The van der Waals surface area contributed by atoms with E-state index < -0.39 is 0 Å². The number of guanidine groups is 1. The van der Waals surface area contributed by atoms with Gasteiger partial charge in [-0.05, 0) is 54.6 Å². The molecular weight excluding hydrogens is 492 g/mol. The number of anilines is 2. The Morgan fingerprint density at radius 3 is 2.57 bits per heavy atom. The summed E-state index contributed by atoms with van der Waals surface area (Å²) in [7, 11) is 1.69. The molecule has 6 nitrogen and oxygen atoms in total. The predicted molar refractivity (Wildman–Crippen MR) is 124 cm³/mol. The molecule has 2 heterocycles. The highest BCUT2D eigenvalue weighted by molar-refractivity contribution is 14.0. The van der Waals surface area contributed by atoms with Crippen LogP contribution in [0.2, 0.25) is 0 Å². The summed E-state index contributed by atoms with van der Waals surface area (Å²) in [6.45, 7) is 2.09. The van der Waals surface area contributed by atoms with Gasteiger partial charge in [0.2, 0.25) is 5.91 Å². The molecule has 0 spiro atoms. The molecule has 1 aromatic carbocycles. The molecule has 3 rings (SSSR count). The number of amides is 1. The van der Waals surface area contributed by atoms with Gasteiger partial charge in [-0.1, -0.05) is 0 Å².